The van der Waals surface area contributed by atoms with Crippen LogP contribution in [-0.4, -0.2) is 11.7 Å². The number of nitrogens with zero attached hydrogens (tertiary/aromatic N) is 1. The first kappa shape index (κ1) is 19.3. The molecule has 0 spiro atoms. The maximum absolute atomic E-state index is 3.25. The summed E-state index contributed by atoms with van der Waals surface area (Å²) in [6.45, 7) is 2.46. The van der Waals surface area contributed by atoms with Crippen molar-refractivity contribution < 1.29 is 0 Å². The molecule has 1 aromatic heterocycles. The lowest BCUT2D eigenvalue weighted by atomic mass is 9.88. The minimum atomic E-state index is 0.863. The van der Waals surface area contributed by atoms with E-state index >= 15 is 0 Å². The maximum atomic E-state index is 3.25. The molecular weight excluding hydrogens is 316 g/mol. The van der Waals surface area contributed by atoms with Crippen LogP contribution in [0.5, 0.6) is 0 Å². The molecule has 3 rings (SSSR count). The topological polar surface area (TPSA) is 17.0 Å². The highest BCUT2D eigenvalue weighted by Crippen LogP contribution is 2.27. The summed E-state index contributed by atoms with van der Waals surface area (Å²) in [6.07, 6.45) is 19.2. The molecule has 2 unspecified atom stereocenters. The fourth-order valence-electron chi connectivity index (χ4n) is 4.70. The molecular formula is C24H38N2. The van der Waals surface area contributed by atoms with Gasteiger partial charge in [0, 0.05) is 18.6 Å². The molecule has 144 valence electrons. The van der Waals surface area contributed by atoms with E-state index in [9.17, 15) is 0 Å². The van der Waals surface area contributed by atoms with Crippen molar-refractivity contribution >= 4 is 10.9 Å². The van der Waals surface area contributed by atoms with Crippen molar-refractivity contribution in [3.05, 3.63) is 36.0 Å². The minimum Gasteiger partial charge on any atom is -0.329 e. The molecule has 1 aromatic carbocycles. The standard InChI is InChI=1S/C24H38N2/c1-20-10-6-4-3-5-7-12-21(13-9-8-11-20)18-22-14-15-23-16-17-26(25-2)24(23)19-22/h14-17,19-21,25H,3-13,18H2,1-2H3. The molecule has 2 aromatic rings. The van der Waals surface area contributed by atoms with Crippen molar-refractivity contribution in [2.24, 2.45) is 11.8 Å². The zero-order valence-corrected chi connectivity index (χ0v) is 17.0. The second kappa shape index (κ2) is 10.0. The van der Waals surface area contributed by atoms with E-state index in [4.69, 9.17) is 0 Å². The predicted molar refractivity (Wildman–Crippen MR) is 114 cm³/mol. The van der Waals surface area contributed by atoms with E-state index < -0.39 is 0 Å². The molecule has 0 saturated heterocycles. The van der Waals surface area contributed by atoms with Crippen LogP contribution >= 0.6 is 0 Å². The number of nitrogens with one attached hydrogen (secondary N) is 1. The summed E-state index contributed by atoms with van der Waals surface area (Å²) in [5.74, 6) is 1.80. The molecule has 1 aliphatic carbocycles. The van der Waals surface area contributed by atoms with Crippen LogP contribution in [0.25, 0.3) is 10.9 Å². The Balaban J connectivity index is 1.63. The third-order valence-electron chi connectivity index (χ3n) is 6.39. The molecule has 0 amide bonds. The molecule has 1 N–H and O–H groups in total. The Kier molecular flexibility index (Phi) is 7.46. The number of aromatic nitrogens is 1. The van der Waals surface area contributed by atoms with E-state index in [1.165, 1.54) is 93.5 Å². The lowest BCUT2D eigenvalue weighted by Gasteiger charge is -2.18. The lowest BCUT2D eigenvalue weighted by Crippen LogP contribution is -2.08. The van der Waals surface area contributed by atoms with Gasteiger partial charge in [0.2, 0.25) is 0 Å². The van der Waals surface area contributed by atoms with Gasteiger partial charge in [0.25, 0.3) is 0 Å². The van der Waals surface area contributed by atoms with Crippen LogP contribution in [0, 0.1) is 11.8 Å². The average Bonchev–Trinajstić information content (AvgIpc) is 3.06. The fraction of sp³-hybridized carbons (Fsp3) is 0.667. The van der Waals surface area contributed by atoms with Gasteiger partial charge in [-0.2, -0.15) is 0 Å². The van der Waals surface area contributed by atoms with Crippen molar-refractivity contribution in [1.29, 1.82) is 0 Å². The summed E-state index contributed by atoms with van der Waals surface area (Å²) in [7, 11) is 1.99. The van der Waals surface area contributed by atoms with Crippen LogP contribution in [0.1, 0.15) is 83.1 Å². The van der Waals surface area contributed by atoms with Gasteiger partial charge in [-0.05, 0) is 36.0 Å². The Morgan fingerprint density at radius 1 is 0.885 bits per heavy atom. The third kappa shape index (κ3) is 5.53. The SMILES string of the molecule is CNn1ccc2ccc(CC3CCCCCCCC(C)CCCC3)cc21. The molecule has 1 heterocycles. The van der Waals surface area contributed by atoms with Gasteiger partial charge in [-0.15, -0.1) is 0 Å². The monoisotopic (exact) mass is 354 g/mol. The molecule has 1 saturated carbocycles. The van der Waals surface area contributed by atoms with Gasteiger partial charge in [0.05, 0.1) is 5.52 Å². The Morgan fingerprint density at radius 2 is 1.54 bits per heavy atom. The quantitative estimate of drug-likeness (QED) is 0.633. The largest absolute Gasteiger partial charge is 0.329 e. The maximum Gasteiger partial charge on any atom is 0.0694 e. The van der Waals surface area contributed by atoms with Gasteiger partial charge >= 0.3 is 0 Å². The summed E-state index contributed by atoms with van der Waals surface area (Å²) >= 11 is 0. The first-order valence-electron chi connectivity index (χ1n) is 11.0. The Bertz CT molecular complexity index is 657. The Hall–Kier alpha value is -1.44. The summed E-state index contributed by atoms with van der Waals surface area (Å²) < 4.78 is 2.13. The first-order valence-corrected chi connectivity index (χ1v) is 11.0. The summed E-state index contributed by atoms with van der Waals surface area (Å²) in [5.41, 5.74) is 6.07. The van der Waals surface area contributed by atoms with Crippen molar-refractivity contribution in [2.45, 2.75) is 84.0 Å². The van der Waals surface area contributed by atoms with E-state index in [1.54, 1.807) is 0 Å². The molecule has 2 nitrogen and oxygen atoms in total. The molecule has 2 heteroatoms. The zero-order valence-electron chi connectivity index (χ0n) is 17.0. The highest BCUT2D eigenvalue weighted by atomic mass is 15.4. The van der Waals surface area contributed by atoms with Gasteiger partial charge in [-0.3, -0.25) is 4.68 Å². The highest BCUT2D eigenvalue weighted by molar-refractivity contribution is 5.81. The molecule has 0 bridgehead atoms. The van der Waals surface area contributed by atoms with E-state index in [1.807, 2.05) is 7.05 Å². The van der Waals surface area contributed by atoms with E-state index in [0.29, 0.717) is 0 Å². The van der Waals surface area contributed by atoms with Crippen LogP contribution in [0.4, 0.5) is 0 Å². The second-order valence-electron chi connectivity index (χ2n) is 8.61. The minimum absolute atomic E-state index is 0.863. The molecule has 0 radical (unpaired) electrons. The number of hydrogen-bond donors (Lipinski definition) is 1. The van der Waals surface area contributed by atoms with Gasteiger partial charge in [0.15, 0.2) is 0 Å². The summed E-state index contributed by atoms with van der Waals surface area (Å²) in [6, 6.07) is 9.23. The highest BCUT2D eigenvalue weighted by Gasteiger charge is 2.12. The van der Waals surface area contributed by atoms with Crippen LogP contribution in [0.3, 0.4) is 0 Å². The van der Waals surface area contributed by atoms with Gasteiger partial charge in [0.1, 0.15) is 0 Å². The number of benzene rings is 1. The zero-order chi connectivity index (χ0) is 18.2. The van der Waals surface area contributed by atoms with Crippen LogP contribution in [0.15, 0.2) is 30.5 Å². The molecule has 0 aliphatic heterocycles. The Morgan fingerprint density at radius 3 is 2.31 bits per heavy atom. The van der Waals surface area contributed by atoms with Crippen LogP contribution in [0.2, 0.25) is 0 Å². The molecule has 1 aliphatic rings. The predicted octanol–water partition coefficient (Wildman–Crippen LogP) is 6.91. The average molecular weight is 355 g/mol. The van der Waals surface area contributed by atoms with E-state index in [2.05, 4.69) is 47.5 Å². The Labute approximate surface area is 160 Å². The molecule has 26 heavy (non-hydrogen) atoms. The number of fused-ring (bicyclic) bond motifs is 1. The fourth-order valence-corrected chi connectivity index (χ4v) is 4.70. The van der Waals surface area contributed by atoms with Crippen LogP contribution < -0.4 is 5.43 Å². The number of rotatable bonds is 3. The van der Waals surface area contributed by atoms with E-state index in [0.717, 1.165) is 11.8 Å². The normalized spacial score (nSPS) is 23.8. The van der Waals surface area contributed by atoms with Gasteiger partial charge < -0.3 is 5.43 Å². The van der Waals surface area contributed by atoms with Crippen LogP contribution in [-0.2, 0) is 6.42 Å². The smallest absolute Gasteiger partial charge is 0.0694 e. The molecule has 1 fully saturated rings. The van der Waals surface area contributed by atoms with Crippen molar-refractivity contribution in [1.82, 2.24) is 4.68 Å². The summed E-state index contributed by atoms with van der Waals surface area (Å²) in [4.78, 5) is 0. The lowest BCUT2D eigenvalue weighted by molar-refractivity contribution is 0.394. The molecule has 2 atom stereocenters. The first-order chi connectivity index (χ1) is 12.8. The van der Waals surface area contributed by atoms with Crippen molar-refractivity contribution in [3.8, 4) is 0 Å². The van der Waals surface area contributed by atoms with Gasteiger partial charge in [-0.25, -0.2) is 0 Å². The van der Waals surface area contributed by atoms with E-state index in [-0.39, 0.29) is 0 Å². The summed E-state index contributed by atoms with van der Waals surface area (Å²) in [5, 5.41) is 1.33. The number of hydrogen-bond acceptors (Lipinski definition) is 1. The van der Waals surface area contributed by atoms with Gasteiger partial charge in [-0.1, -0.05) is 89.7 Å². The second-order valence-corrected chi connectivity index (χ2v) is 8.61. The van der Waals surface area contributed by atoms with Crippen molar-refractivity contribution in [3.63, 3.8) is 0 Å². The van der Waals surface area contributed by atoms with Crippen molar-refractivity contribution in [2.75, 3.05) is 12.5 Å². The third-order valence-corrected chi connectivity index (χ3v) is 6.39.